The molecule has 0 spiro atoms. The Labute approximate surface area is 169 Å². The van der Waals surface area contributed by atoms with Gasteiger partial charge in [0.25, 0.3) is 0 Å². The minimum absolute atomic E-state index is 0.441. The van der Waals surface area contributed by atoms with Gasteiger partial charge in [0.1, 0.15) is 0 Å². The maximum absolute atomic E-state index is 3.75. The predicted octanol–water partition coefficient (Wildman–Crippen LogP) is 5.07. The summed E-state index contributed by atoms with van der Waals surface area (Å²) in [4.78, 5) is 2.64. The number of hydrogen-bond acceptors (Lipinski definition) is 2. The molecule has 1 heterocycles. The van der Waals surface area contributed by atoms with Gasteiger partial charge in [-0.25, -0.2) is 0 Å². The number of hydrogen-bond donors (Lipinski definition) is 1. The van der Waals surface area contributed by atoms with Crippen molar-refractivity contribution in [3.05, 3.63) is 108 Å². The van der Waals surface area contributed by atoms with Crippen molar-refractivity contribution in [3.8, 4) is 0 Å². The summed E-state index contributed by atoms with van der Waals surface area (Å²) in [6.07, 6.45) is 2.45. The first-order valence-electron chi connectivity index (χ1n) is 10.5. The maximum atomic E-state index is 3.75. The topological polar surface area (TPSA) is 15.3 Å². The van der Waals surface area contributed by atoms with E-state index in [1.54, 1.807) is 0 Å². The molecule has 0 saturated carbocycles. The van der Waals surface area contributed by atoms with Crippen molar-refractivity contribution in [2.24, 2.45) is 0 Å². The van der Waals surface area contributed by atoms with Crippen LogP contribution in [0.1, 0.15) is 35.4 Å². The number of piperidine rings is 1. The first-order chi connectivity index (χ1) is 13.9. The summed E-state index contributed by atoms with van der Waals surface area (Å²) >= 11 is 0. The van der Waals surface area contributed by atoms with Crippen molar-refractivity contribution in [3.63, 3.8) is 0 Å². The van der Waals surface area contributed by atoms with E-state index in [4.69, 9.17) is 0 Å². The molecule has 1 fully saturated rings. The molecule has 1 N–H and O–H groups in total. The summed E-state index contributed by atoms with van der Waals surface area (Å²) in [6.45, 7) is 4.41. The Morgan fingerprint density at radius 3 is 1.75 bits per heavy atom. The molecule has 0 aromatic heterocycles. The Kier molecular flexibility index (Phi) is 6.54. The van der Waals surface area contributed by atoms with Crippen LogP contribution in [0.25, 0.3) is 0 Å². The van der Waals surface area contributed by atoms with Crippen molar-refractivity contribution < 1.29 is 0 Å². The van der Waals surface area contributed by atoms with Crippen LogP contribution in [0.15, 0.2) is 91.0 Å². The molecular weight excluding hydrogens is 340 g/mol. The Morgan fingerprint density at radius 1 is 0.714 bits per heavy atom. The van der Waals surface area contributed by atoms with E-state index in [0.717, 1.165) is 13.1 Å². The van der Waals surface area contributed by atoms with Gasteiger partial charge in [-0.1, -0.05) is 91.0 Å². The molecule has 0 unspecified atom stereocenters. The highest BCUT2D eigenvalue weighted by atomic mass is 15.1. The number of nitrogens with one attached hydrogen (secondary N) is 1. The van der Waals surface area contributed by atoms with Crippen LogP contribution in [0.3, 0.4) is 0 Å². The van der Waals surface area contributed by atoms with Gasteiger partial charge in [0.15, 0.2) is 0 Å². The summed E-state index contributed by atoms with van der Waals surface area (Å²) in [5.74, 6) is 0.441. The van der Waals surface area contributed by atoms with Crippen LogP contribution in [-0.2, 0) is 6.54 Å². The fourth-order valence-corrected chi connectivity index (χ4v) is 4.21. The van der Waals surface area contributed by atoms with Crippen LogP contribution >= 0.6 is 0 Å². The second-order valence-electron chi connectivity index (χ2n) is 7.82. The van der Waals surface area contributed by atoms with E-state index in [2.05, 4.69) is 101 Å². The highest BCUT2D eigenvalue weighted by Crippen LogP contribution is 2.27. The average molecular weight is 371 g/mol. The van der Waals surface area contributed by atoms with Crippen molar-refractivity contribution in [1.29, 1.82) is 0 Å². The van der Waals surface area contributed by atoms with Crippen molar-refractivity contribution in [1.82, 2.24) is 10.2 Å². The zero-order valence-electron chi connectivity index (χ0n) is 16.5. The number of rotatable bonds is 7. The van der Waals surface area contributed by atoms with Gasteiger partial charge in [0.05, 0.1) is 0 Å². The fourth-order valence-electron chi connectivity index (χ4n) is 4.21. The molecule has 144 valence electrons. The third-order valence-electron chi connectivity index (χ3n) is 5.87. The third kappa shape index (κ3) is 5.09. The zero-order chi connectivity index (χ0) is 19.0. The molecule has 3 aromatic carbocycles. The molecule has 0 amide bonds. The third-order valence-corrected chi connectivity index (χ3v) is 5.87. The molecule has 1 saturated heterocycles. The van der Waals surface area contributed by atoms with Gasteiger partial charge in [-0.15, -0.1) is 0 Å². The summed E-state index contributed by atoms with van der Waals surface area (Å²) in [7, 11) is 0. The van der Waals surface area contributed by atoms with Crippen LogP contribution in [0.5, 0.6) is 0 Å². The van der Waals surface area contributed by atoms with Gasteiger partial charge in [-0.05, 0) is 42.6 Å². The molecule has 28 heavy (non-hydrogen) atoms. The standard InChI is InChI=1S/C26H30N2/c1-4-10-22(11-5-1)20-27-25-16-18-28(19-17-25)21-26(23-12-6-2-7-13-23)24-14-8-3-9-15-24/h1-15,25-27H,16-21H2. The van der Waals surface area contributed by atoms with E-state index < -0.39 is 0 Å². The van der Waals surface area contributed by atoms with Crippen LogP contribution in [0.2, 0.25) is 0 Å². The molecule has 1 aliphatic rings. The van der Waals surface area contributed by atoms with Gasteiger partial charge in [-0.3, -0.25) is 0 Å². The molecule has 0 atom stereocenters. The smallest absolute Gasteiger partial charge is 0.0217 e. The van der Waals surface area contributed by atoms with Crippen molar-refractivity contribution >= 4 is 0 Å². The number of likely N-dealkylation sites (tertiary alicyclic amines) is 1. The second kappa shape index (κ2) is 9.68. The average Bonchev–Trinajstić information content (AvgIpc) is 2.79. The Balaban J connectivity index is 1.34. The molecule has 2 heteroatoms. The quantitative estimate of drug-likeness (QED) is 0.624. The van der Waals surface area contributed by atoms with Crippen molar-refractivity contribution in [2.45, 2.75) is 31.3 Å². The monoisotopic (exact) mass is 370 g/mol. The molecule has 4 rings (SSSR count). The number of nitrogens with zero attached hydrogens (tertiary/aromatic N) is 1. The highest BCUT2D eigenvalue weighted by molar-refractivity contribution is 5.32. The van der Waals surface area contributed by atoms with Crippen LogP contribution in [0.4, 0.5) is 0 Å². The van der Waals surface area contributed by atoms with Crippen LogP contribution < -0.4 is 5.32 Å². The number of benzene rings is 3. The summed E-state index contributed by atoms with van der Waals surface area (Å²) in [6, 6.07) is 33.3. The first kappa shape index (κ1) is 18.9. The van der Waals surface area contributed by atoms with E-state index >= 15 is 0 Å². The first-order valence-corrected chi connectivity index (χ1v) is 10.5. The minimum Gasteiger partial charge on any atom is -0.310 e. The molecule has 3 aromatic rings. The van der Waals surface area contributed by atoms with Gasteiger partial charge in [0, 0.05) is 25.0 Å². The SMILES string of the molecule is c1ccc(CNC2CCN(CC(c3ccccc3)c3ccccc3)CC2)cc1. The highest BCUT2D eigenvalue weighted by Gasteiger charge is 2.23. The lowest BCUT2D eigenvalue weighted by atomic mass is 9.90. The van der Waals surface area contributed by atoms with E-state index in [-0.39, 0.29) is 0 Å². The van der Waals surface area contributed by atoms with Crippen LogP contribution in [-0.4, -0.2) is 30.6 Å². The Bertz CT molecular complexity index is 769. The van der Waals surface area contributed by atoms with Gasteiger partial charge >= 0.3 is 0 Å². The lowest BCUT2D eigenvalue weighted by molar-refractivity contribution is 0.192. The van der Waals surface area contributed by atoms with E-state index in [1.165, 1.54) is 42.6 Å². The predicted molar refractivity (Wildman–Crippen MR) is 117 cm³/mol. The normalized spacial score (nSPS) is 15.8. The Morgan fingerprint density at radius 2 is 1.21 bits per heavy atom. The molecule has 1 aliphatic heterocycles. The Hall–Kier alpha value is -2.42. The largest absolute Gasteiger partial charge is 0.310 e. The summed E-state index contributed by atoms with van der Waals surface area (Å²) < 4.78 is 0. The van der Waals surface area contributed by atoms with Gasteiger partial charge in [-0.2, -0.15) is 0 Å². The maximum Gasteiger partial charge on any atom is 0.0217 e. The second-order valence-corrected chi connectivity index (χ2v) is 7.82. The van der Waals surface area contributed by atoms with Gasteiger partial charge in [0.2, 0.25) is 0 Å². The molecule has 0 bridgehead atoms. The van der Waals surface area contributed by atoms with E-state index in [9.17, 15) is 0 Å². The minimum atomic E-state index is 0.441. The van der Waals surface area contributed by atoms with Crippen molar-refractivity contribution in [2.75, 3.05) is 19.6 Å². The van der Waals surface area contributed by atoms with Crippen LogP contribution in [0, 0.1) is 0 Å². The molecule has 0 aliphatic carbocycles. The summed E-state index contributed by atoms with van der Waals surface area (Å²) in [5.41, 5.74) is 4.20. The lowest BCUT2D eigenvalue weighted by Gasteiger charge is -2.35. The molecule has 0 radical (unpaired) electrons. The summed E-state index contributed by atoms with van der Waals surface area (Å²) in [5, 5.41) is 3.75. The molecule has 2 nitrogen and oxygen atoms in total. The van der Waals surface area contributed by atoms with E-state index in [1.807, 2.05) is 0 Å². The lowest BCUT2D eigenvalue weighted by Crippen LogP contribution is -2.43. The molecular formula is C26H30N2. The fraction of sp³-hybridized carbons (Fsp3) is 0.308. The van der Waals surface area contributed by atoms with Gasteiger partial charge < -0.3 is 10.2 Å². The zero-order valence-corrected chi connectivity index (χ0v) is 16.5. The van der Waals surface area contributed by atoms with E-state index in [0.29, 0.717) is 12.0 Å².